The monoisotopic (exact) mass is 410 g/mol. The Balaban J connectivity index is 1.85. The summed E-state index contributed by atoms with van der Waals surface area (Å²) in [7, 11) is 0. The summed E-state index contributed by atoms with van der Waals surface area (Å²) in [5.74, 6) is -1.11. The van der Waals surface area contributed by atoms with Crippen LogP contribution in [0.15, 0.2) is 6.07 Å². The van der Waals surface area contributed by atoms with Gasteiger partial charge in [-0.3, -0.25) is 14.9 Å². The Morgan fingerprint density at radius 1 is 1.25 bits per heavy atom. The van der Waals surface area contributed by atoms with Crippen LogP contribution in [-0.4, -0.2) is 55.1 Å². The number of aryl methyl sites for hydroxylation is 1. The Morgan fingerprint density at radius 3 is 2.68 bits per heavy atom. The largest absolute Gasteiger partial charge is 0.451 e. The maximum absolute atomic E-state index is 12.3. The zero-order valence-electron chi connectivity index (χ0n) is 16.4. The molecule has 1 aromatic rings. The predicted molar refractivity (Wildman–Crippen MR) is 103 cm³/mol. The molecule has 1 N–H and O–H groups in total. The minimum atomic E-state index is -0.863. The standard InChI is InChI=1S/C19H26N2O6S/c1-4-21(10-16(22)20-19(25)26-5-2)17(23)11-27-18(24)15-9-13-8-12(3)6-7-14(13)28-15/h9,12H,4-8,10-11H2,1-3H3,(H,20,22,25)/t12-/m1/s1. The predicted octanol–water partition coefficient (Wildman–Crippen LogP) is 2.15. The Kier molecular flexibility index (Phi) is 7.98. The van der Waals surface area contributed by atoms with Crippen molar-refractivity contribution >= 4 is 35.2 Å². The fraction of sp³-hybridized carbons (Fsp3) is 0.579. The smallest absolute Gasteiger partial charge is 0.413 e. The van der Waals surface area contributed by atoms with Gasteiger partial charge in [-0.05, 0) is 50.7 Å². The fourth-order valence-electron chi connectivity index (χ4n) is 2.97. The molecule has 0 unspecified atom stereocenters. The molecule has 1 aliphatic rings. The van der Waals surface area contributed by atoms with Crippen molar-refractivity contribution in [2.45, 2.75) is 40.0 Å². The molecule has 3 amide bonds. The molecule has 9 heteroatoms. The first-order valence-electron chi connectivity index (χ1n) is 9.37. The van der Waals surface area contributed by atoms with E-state index in [0.29, 0.717) is 10.8 Å². The Morgan fingerprint density at radius 2 is 2.00 bits per heavy atom. The molecule has 0 saturated carbocycles. The van der Waals surface area contributed by atoms with Crippen molar-refractivity contribution in [2.24, 2.45) is 5.92 Å². The van der Waals surface area contributed by atoms with Gasteiger partial charge in [-0.25, -0.2) is 9.59 Å². The summed E-state index contributed by atoms with van der Waals surface area (Å²) in [5.41, 5.74) is 1.19. The van der Waals surface area contributed by atoms with E-state index in [-0.39, 0.29) is 19.7 Å². The van der Waals surface area contributed by atoms with Crippen LogP contribution in [0.3, 0.4) is 0 Å². The first-order chi connectivity index (χ1) is 13.3. The van der Waals surface area contributed by atoms with Crippen LogP contribution in [0.2, 0.25) is 0 Å². The maximum Gasteiger partial charge on any atom is 0.413 e. The van der Waals surface area contributed by atoms with E-state index < -0.39 is 30.5 Å². The summed E-state index contributed by atoms with van der Waals surface area (Å²) in [6, 6.07) is 1.85. The van der Waals surface area contributed by atoms with Crippen LogP contribution in [0.25, 0.3) is 0 Å². The van der Waals surface area contributed by atoms with Crippen LogP contribution < -0.4 is 5.32 Å². The third-order valence-electron chi connectivity index (χ3n) is 4.44. The topological polar surface area (TPSA) is 102 Å². The molecule has 2 rings (SSSR count). The van der Waals surface area contributed by atoms with E-state index >= 15 is 0 Å². The van der Waals surface area contributed by atoms with Gasteiger partial charge in [0.25, 0.3) is 5.91 Å². The molecule has 0 fully saturated rings. The van der Waals surface area contributed by atoms with Gasteiger partial charge >= 0.3 is 12.1 Å². The van der Waals surface area contributed by atoms with Crippen molar-refractivity contribution in [1.82, 2.24) is 10.2 Å². The number of imide groups is 1. The zero-order valence-corrected chi connectivity index (χ0v) is 17.2. The zero-order chi connectivity index (χ0) is 20.7. The highest BCUT2D eigenvalue weighted by Gasteiger charge is 2.23. The fourth-order valence-corrected chi connectivity index (χ4v) is 4.07. The number of ether oxygens (including phenoxy) is 2. The highest BCUT2D eigenvalue weighted by molar-refractivity contribution is 7.14. The lowest BCUT2D eigenvalue weighted by Crippen LogP contribution is -2.44. The number of nitrogens with zero attached hydrogens (tertiary/aromatic N) is 1. The molecule has 1 aliphatic carbocycles. The summed E-state index contributed by atoms with van der Waals surface area (Å²) < 4.78 is 9.75. The van der Waals surface area contributed by atoms with Gasteiger partial charge in [0, 0.05) is 11.4 Å². The minimum absolute atomic E-state index is 0.135. The Bertz CT molecular complexity index is 745. The summed E-state index contributed by atoms with van der Waals surface area (Å²) in [4.78, 5) is 50.5. The van der Waals surface area contributed by atoms with Gasteiger partial charge in [0.05, 0.1) is 6.61 Å². The van der Waals surface area contributed by atoms with Gasteiger partial charge in [0.2, 0.25) is 5.91 Å². The van der Waals surface area contributed by atoms with E-state index in [2.05, 4.69) is 11.7 Å². The van der Waals surface area contributed by atoms with E-state index in [1.165, 1.54) is 26.7 Å². The third kappa shape index (κ3) is 6.05. The molecule has 0 radical (unpaired) electrons. The normalized spacial score (nSPS) is 15.3. The van der Waals surface area contributed by atoms with E-state index in [0.717, 1.165) is 19.3 Å². The number of alkyl carbamates (subject to hydrolysis) is 1. The molecule has 0 aromatic carbocycles. The van der Waals surface area contributed by atoms with Crippen molar-refractivity contribution in [3.8, 4) is 0 Å². The molecular formula is C19H26N2O6S. The SMILES string of the molecule is CCOC(=O)NC(=O)CN(CC)C(=O)COC(=O)c1cc2c(s1)CC[C@@H](C)C2. The summed E-state index contributed by atoms with van der Waals surface area (Å²) in [6.07, 6.45) is 2.17. The number of hydrogen-bond donors (Lipinski definition) is 1. The number of rotatable bonds is 7. The van der Waals surface area contributed by atoms with Crippen LogP contribution in [0, 0.1) is 5.92 Å². The number of amides is 3. The van der Waals surface area contributed by atoms with Gasteiger partial charge in [-0.2, -0.15) is 0 Å². The lowest BCUT2D eigenvalue weighted by atomic mass is 9.90. The number of nitrogens with one attached hydrogen (secondary N) is 1. The third-order valence-corrected chi connectivity index (χ3v) is 5.66. The molecular weight excluding hydrogens is 384 g/mol. The number of thiophene rings is 1. The average Bonchev–Trinajstić information content (AvgIpc) is 3.07. The van der Waals surface area contributed by atoms with Crippen molar-refractivity contribution in [1.29, 1.82) is 0 Å². The van der Waals surface area contributed by atoms with Crippen molar-refractivity contribution < 1.29 is 28.7 Å². The quantitative estimate of drug-likeness (QED) is 0.691. The second-order valence-corrected chi connectivity index (χ2v) is 7.80. The number of carbonyl (C=O) groups excluding carboxylic acids is 4. The number of fused-ring (bicyclic) bond motifs is 1. The van der Waals surface area contributed by atoms with Gasteiger partial charge < -0.3 is 14.4 Å². The number of esters is 1. The highest BCUT2D eigenvalue weighted by atomic mass is 32.1. The summed E-state index contributed by atoms with van der Waals surface area (Å²) in [5, 5.41) is 2.02. The molecule has 28 heavy (non-hydrogen) atoms. The van der Waals surface area contributed by atoms with Gasteiger partial charge in [-0.1, -0.05) is 6.92 Å². The van der Waals surface area contributed by atoms with Crippen molar-refractivity contribution in [2.75, 3.05) is 26.3 Å². The Labute approximate surface area is 168 Å². The van der Waals surface area contributed by atoms with Crippen molar-refractivity contribution in [3.63, 3.8) is 0 Å². The van der Waals surface area contributed by atoms with E-state index in [1.807, 2.05) is 11.4 Å². The molecule has 1 heterocycles. The molecule has 8 nitrogen and oxygen atoms in total. The molecule has 1 aromatic heterocycles. The van der Waals surface area contributed by atoms with Gasteiger partial charge in [-0.15, -0.1) is 11.3 Å². The lowest BCUT2D eigenvalue weighted by molar-refractivity contribution is -0.138. The van der Waals surface area contributed by atoms with E-state index in [4.69, 9.17) is 4.74 Å². The Hall–Kier alpha value is -2.42. The van der Waals surface area contributed by atoms with Crippen molar-refractivity contribution in [3.05, 3.63) is 21.4 Å². The molecule has 0 aliphatic heterocycles. The van der Waals surface area contributed by atoms with Crippen LogP contribution in [0.4, 0.5) is 4.79 Å². The molecule has 0 spiro atoms. The average molecular weight is 410 g/mol. The number of carbonyl (C=O) groups is 4. The second kappa shape index (κ2) is 10.2. The first kappa shape index (κ1) is 21.9. The van der Waals surface area contributed by atoms with Crippen LogP contribution in [0.5, 0.6) is 0 Å². The lowest BCUT2D eigenvalue weighted by Gasteiger charge is -2.19. The molecule has 154 valence electrons. The summed E-state index contributed by atoms with van der Waals surface area (Å²) >= 11 is 1.42. The van der Waals surface area contributed by atoms with Crippen LogP contribution >= 0.6 is 11.3 Å². The van der Waals surface area contributed by atoms with Crippen LogP contribution in [-0.2, 0) is 31.9 Å². The molecule has 1 atom stereocenters. The summed E-state index contributed by atoms with van der Waals surface area (Å²) in [6.45, 7) is 5.08. The van der Waals surface area contributed by atoms with Gasteiger partial charge in [0.15, 0.2) is 6.61 Å². The number of hydrogen-bond acceptors (Lipinski definition) is 7. The first-order valence-corrected chi connectivity index (χ1v) is 10.2. The highest BCUT2D eigenvalue weighted by Crippen LogP contribution is 2.32. The maximum atomic E-state index is 12.3. The molecule has 0 saturated heterocycles. The second-order valence-electron chi connectivity index (χ2n) is 6.66. The van der Waals surface area contributed by atoms with Crippen LogP contribution in [0.1, 0.15) is 47.3 Å². The number of likely N-dealkylation sites (N-methyl/N-ethyl adjacent to an activating group) is 1. The molecule has 0 bridgehead atoms. The van der Waals surface area contributed by atoms with E-state index in [1.54, 1.807) is 13.8 Å². The van der Waals surface area contributed by atoms with E-state index in [9.17, 15) is 19.2 Å². The minimum Gasteiger partial charge on any atom is -0.451 e. The van der Waals surface area contributed by atoms with Gasteiger partial charge in [0.1, 0.15) is 11.4 Å².